The number of aryl methyl sites for hydroxylation is 2. The molecule has 4 rings (SSSR count). The average molecular weight is 319 g/mol. The molecule has 3 fully saturated rings. The van der Waals surface area contributed by atoms with Crippen LogP contribution in [0.1, 0.15) is 41.1 Å². The number of likely N-dealkylation sites (tertiary alicyclic amines) is 1. The molecular formula is C16H21N3O4. The summed E-state index contributed by atoms with van der Waals surface area (Å²) >= 11 is 0. The van der Waals surface area contributed by atoms with E-state index in [9.17, 15) is 9.59 Å². The SMILES string of the molecule is Cc1noc(C)c1C(=O)N1C[C@H](C(=O)NC2CC2)[C@@H]2OCC[C@H]21. The first kappa shape index (κ1) is 14.7. The van der Waals surface area contributed by atoms with Gasteiger partial charge in [-0.1, -0.05) is 5.16 Å². The Labute approximate surface area is 134 Å². The van der Waals surface area contributed by atoms with E-state index in [0.29, 0.717) is 36.2 Å². The van der Waals surface area contributed by atoms with E-state index < -0.39 is 0 Å². The molecule has 2 amide bonds. The summed E-state index contributed by atoms with van der Waals surface area (Å²) in [6, 6.07) is 0.279. The highest BCUT2D eigenvalue weighted by atomic mass is 16.5. The van der Waals surface area contributed by atoms with Crippen molar-refractivity contribution in [2.75, 3.05) is 13.2 Å². The Bertz CT molecular complexity index is 632. The molecule has 0 spiro atoms. The number of fused-ring (bicyclic) bond motifs is 1. The van der Waals surface area contributed by atoms with Crippen molar-refractivity contribution in [3.8, 4) is 0 Å². The lowest BCUT2D eigenvalue weighted by atomic mass is 10.0. The van der Waals surface area contributed by atoms with Gasteiger partial charge < -0.3 is 19.5 Å². The lowest BCUT2D eigenvalue weighted by Crippen LogP contribution is -2.39. The van der Waals surface area contributed by atoms with Gasteiger partial charge in [-0.2, -0.15) is 0 Å². The number of nitrogens with one attached hydrogen (secondary N) is 1. The van der Waals surface area contributed by atoms with Crippen LogP contribution in [-0.4, -0.2) is 53.2 Å². The Morgan fingerprint density at radius 3 is 2.70 bits per heavy atom. The Morgan fingerprint density at radius 1 is 1.26 bits per heavy atom. The van der Waals surface area contributed by atoms with Crippen LogP contribution in [-0.2, 0) is 9.53 Å². The predicted molar refractivity (Wildman–Crippen MR) is 79.8 cm³/mol. The summed E-state index contributed by atoms with van der Waals surface area (Å²) in [5.41, 5.74) is 1.10. The van der Waals surface area contributed by atoms with E-state index in [1.807, 2.05) is 0 Å². The van der Waals surface area contributed by atoms with Gasteiger partial charge in [0, 0.05) is 19.2 Å². The minimum absolute atomic E-state index is 0.0125. The molecule has 0 bridgehead atoms. The second-order valence-electron chi connectivity index (χ2n) is 6.74. The van der Waals surface area contributed by atoms with Gasteiger partial charge in [0.25, 0.3) is 5.91 Å². The van der Waals surface area contributed by atoms with Crippen molar-refractivity contribution < 1.29 is 18.8 Å². The van der Waals surface area contributed by atoms with Crippen molar-refractivity contribution in [1.29, 1.82) is 0 Å². The summed E-state index contributed by atoms with van der Waals surface area (Å²) in [4.78, 5) is 27.2. The molecule has 0 aromatic carbocycles. The molecule has 3 atom stereocenters. The molecule has 23 heavy (non-hydrogen) atoms. The van der Waals surface area contributed by atoms with Crippen LogP contribution in [0, 0.1) is 19.8 Å². The second-order valence-corrected chi connectivity index (χ2v) is 6.74. The number of hydrogen-bond acceptors (Lipinski definition) is 5. The van der Waals surface area contributed by atoms with Gasteiger partial charge in [-0.15, -0.1) is 0 Å². The molecule has 124 valence electrons. The predicted octanol–water partition coefficient (Wildman–Crippen LogP) is 0.800. The van der Waals surface area contributed by atoms with Gasteiger partial charge in [-0.05, 0) is 33.1 Å². The highest BCUT2D eigenvalue weighted by Crippen LogP contribution is 2.35. The zero-order valence-corrected chi connectivity index (χ0v) is 13.4. The third-order valence-corrected chi connectivity index (χ3v) is 5.06. The maximum atomic E-state index is 12.9. The quantitative estimate of drug-likeness (QED) is 0.891. The Kier molecular flexibility index (Phi) is 3.41. The van der Waals surface area contributed by atoms with Crippen molar-refractivity contribution in [1.82, 2.24) is 15.4 Å². The van der Waals surface area contributed by atoms with Crippen LogP contribution < -0.4 is 5.32 Å². The zero-order valence-electron chi connectivity index (χ0n) is 13.4. The van der Waals surface area contributed by atoms with E-state index in [-0.39, 0.29) is 29.9 Å². The molecule has 3 aliphatic rings. The molecule has 1 aliphatic carbocycles. The van der Waals surface area contributed by atoms with Crippen LogP contribution in [0.5, 0.6) is 0 Å². The third kappa shape index (κ3) is 2.43. The van der Waals surface area contributed by atoms with Gasteiger partial charge in [-0.3, -0.25) is 9.59 Å². The highest BCUT2D eigenvalue weighted by molar-refractivity contribution is 5.97. The number of ether oxygens (including phenoxy) is 1. The van der Waals surface area contributed by atoms with Crippen molar-refractivity contribution in [2.45, 2.75) is 51.3 Å². The number of aromatic nitrogens is 1. The fourth-order valence-corrected chi connectivity index (χ4v) is 3.70. The van der Waals surface area contributed by atoms with Crippen LogP contribution in [0.4, 0.5) is 0 Å². The van der Waals surface area contributed by atoms with Crippen molar-refractivity contribution >= 4 is 11.8 Å². The standard InChI is InChI=1S/C16H21N3O4/c1-8-13(9(2)23-18-8)16(21)19-7-11(14-12(19)5-6-22-14)15(20)17-10-3-4-10/h10-12,14H,3-7H2,1-2H3,(H,17,20)/t11-,12+,14-/m0/s1. The topological polar surface area (TPSA) is 84.7 Å². The van der Waals surface area contributed by atoms with E-state index in [2.05, 4.69) is 10.5 Å². The maximum absolute atomic E-state index is 12.9. The van der Waals surface area contributed by atoms with Gasteiger partial charge in [0.2, 0.25) is 5.91 Å². The molecule has 1 saturated carbocycles. The summed E-state index contributed by atoms with van der Waals surface area (Å²) in [5.74, 6) is 0.142. The number of hydrogen-bond donors (Lipinski definition) is 1. The molecule has 1 aromatic heterocycles. The van der Waals surface area contributed by atoms with Crippen molar-refractivity contribution in [3.63, 3.8) is 0 Å². The van der Waals surface area contributed by atoms with Gasteiger partial charge >= 0.3 is 0 Å². The van der Waals surface area contributed by atoms with Crippen molar-refractivity contribution in [2.24, 2.45) is 5.92 Å². The Balaban J connectivity index is 1.57. The summed E-state index contributed by atoms with van der Waals surface area (Å²) < 4.78 is 10.9. The first-order valence-corrected chi connectivity index (χ1v) is 8.22. The highest BCUT2D eigenvalue weighted by Gasteiger charge is 2.51. The van der Waals surface area contributed by atoms with Crippen LogP contribution in [0.15, 0.2) is 4.52 Å². The fourth-order valence-electron chi connectivity index (χ4n) is 3.70. The Morgan fingerprint density at radius 2 is 2.04 bits per heavy atom. The van der Waals surface area contributed by atoms with E-state index >= 15 is 0 Å². The van der Waals surface area contributed by atoms with Gasteiger partial charge in [0.05, 0.1) is 23.8 Å². The normalized spacial score (nSPS) is 29.7. The van der Waals surface area contributed by atoms with E-state index in [1.165, 1.54) is 0 Å². The third-order valence-electron chi connectivity index (χ3n) is 5.06. The van der Waals surface area contributed by atoms with Crippen LogP contribution in [0.2, 0.25) is 0 Å². The number of nitrogens with zero attached hydrogens (tertiary/aromatic N) is 2. The zero-order chi connectivity index (χ0) is 16.1. The molecular weight excluding hydrogens is 298 g/mol. The first-order chi connectivity index (χ1) is 11.1. The smallest absolute Gasteiger partial charge is 0.259 e. The molecule has 1 aromatic rings. The van der Waals surface area contributed by atoms with Gasteiger partial charge in [-0.25, -0.2) is 0 Å². The summed E-state index contributed by atoms with van der Waals surface area (Å²) in [7, 11) is 0. The molecule has 1 N–H and O–H groups in total. The molecule has 0 unspecified atom stereocenters. The lowest BCUT2D eigenvalue weighted by molar-refractivity contribution is -0.127. The molecule has 7 nitrogen and oxygen atoms in total. The Hall–Kier alpha value is -1.89. The number of amides is 2. The van der Waals surface area contributed by atoms with Gasteiger partial charge in [0.15, 0.2) is 0 Å². The summed E-state index contributed by atoms with van der Waals surface area (Å²) in [6.07, 6.45) is 2.68. The van der Waals surface area contributed by atoms with E-state index in [1.54, 1.807) is 18.7 Å². The second kappa shape index (κ2) is 5.33. The molecule has 0 radical (unpaired) electrons. The van der Waals surface area contributed by atoms with Gasteiger partial charge in [0.1, 0.15) is 11.3 Å². The van der Waals surface area contributed by atoms with E-state index in [0.717, 1.165) is 19.3 Å². The fraction of sp³-hybridized carbons (Fsp3) is 0.688. The number of carbonyl (C=O) groups excluding carboxylic acids is 2. The van der Waals surface area contributed by atoms with Crippen LogP contribution in [0.3, 0.4) is 0 Å². The largest absolute Gasteiger partial charge is 0.375 e. The molecule has 3 heterocycles. The molecule has 2 saturated heterocycles. The molecule has 7 heteroatoms. The van der Waals surface area contributed by atoms with Crippen LogP contribution in [0.25, 0.3) is 0 Å². The van der Waals surface area contributed by atoms with E-state index in [4.69, 9.17) is 9.26 Å². The minimum atomic E-state index is -0.285. The lowest BCUT2D eigenvalue weighted by Gasteiger charge is -2.22. The average Bonchev–Trinajstić information content (AvgIpc) is 2.94. The van der Waals surface area contributed by atoms with Crippen molar-refractivity contribution in [3.05, 3.63) is 17.0 Å². The minimum Gasteiger partial charge on any atom is -0.375 e. The summed E-state index contributed by atoms with van der Waals surface area (Å²) in [5, 5.41) is 6.90. The number of rotatable bonds is 3. The maximum Gasteiger partial charge on any atom is 0.259 e. The monoisotopic (exact) mass is 319 g/mol. The molecule has 2 aliphatic heterocycles. The first-order valence-electron chi connectivity index (χ1n) is 8.22. The number of carbonyl (C=O) groups is 2. The summed E-state index contributed by atoms with van der Waals surface area (Å²) in [6.45, 7) is 4.49. The van der Waals surface area contributed by atoms with Crippen LogP contribution >= 0.6 is 0 Å².